The lowest BCUT2D eigenvalue weighted by Gasteiger charge is -2.21. The van der Waals surface area contributed by atoms with Gasteiger partial charge >= 0.3 is 5.97 Å². The molecule has 29 heavy (non-hydrogen) atoms. The van der Waals surface area contributed by atoms with Gasteiger partial charge in [-0.15, -0.1) is 0 Å². The lowest BCUT2D eigenvalue weighted by molar-refractivity contribution is 0.0696. The number of aromatic carboxylic acids is 1. The van der Waals surface area contributed by atoms with Gasteiger partial charge in [0.15, 0.2) is 0 Å². The molecule has 6 heteroatoms. The standard InChI is InChI=1S/C23H26INO4/c24-19-10-11-21(29-13-12-16-4-2-1-3-5-16)20(14-19)22(26)25-15-17-6-8-18(9-7-17)23(27)28/h6-11,14,16H,1-5,12-13,15H2,(H,25,26)(H,27,28). The predicted octanol–water partition coefficient (Wildman–Crippen LogP) is 5.27. The number of ether oxygens (including phenoxy) is 1. The molecular formula is C23H26INO4. The van der Waals surface area contributed by atoms with Gasteiger partial charge in [0.05, 0.1) is 17.7 Å². The van der Waals surface area contributed by atoms with Crippen molar-refractivity contribution in [2.75, 3.05) is 6.61 Å². The van der Waals surface area contributed by atoms with Gasteiger partial charge in [-0.3, -0.25) is 4.79 Å². The molecule has 0 unspecified atom stereocenters. The summed E-state index contributed by atoms with van der Waals surface area (Å²) < 4.78 is 6.95. The Morgan fingerprint density at radius 3 is 2.48 bits per heavy atom. The van der Waals surface area contributed by atoms with E-state index in [0.717, 1.165) is 21.5 Å². The van der Waals surface area contributed by atoms with Crippen LogP contribution in [0.1, 0.15) is 64.8 Å². The van der Waals surface area contributed by atoms with Crippen LogP contribution < -0.4 is 10.1 Å². The summed E-state index contributed by atoms with van der Waals surface area (Å²) >= 11 is 2.19. The summed E-state index contributed by atoms with van der Waals surface area (Å²) in [4.78, 5) is 23.7. The maximum atomic E-state index is 12.7. The van der Waals surface area contributed by atoms with Crippen LogP contribution in [0.15, 0.2) is 42.5 Å². The van der Waals surface area contributed by atoms with Crippen molar-refractivity contribution < 1.29 is 19.4 Å². The Morgan fingerprint density at radius 1 is 1.07 bits per heavy atom. The van der Waals surface area contributed by atoms with Crippen molar-refractivity contribution in [3.8, 4) is 5.75 Å². The highest BCUT2D eigenvalue weighted by Crippen LogP contribution is 2.27. The number of hydrogen-bond donors (Lipinski definition) is 2. The molecule has 2 aromatic rings. The highest BCUT2D eigenvalue weighted by Gasteiger charge is 2.16. The fraction of sp³-hybridized carbons (Fsp3) is 0.391. The second kappa shape index (κ2) is 10.6. The minimum absolute atomic E-state index is 0.196. The maximum absolute atomic E-state index is 12.7. The zero-order valence-electron chi connectivity index (χ0n) is 16.3. The van der Waals surface area contributed by atoms with Gasteiger partial charge in [-0.1, -0.05) is 44.2 Å². The molecule has 2 aromatic carbocycles. The first-order valence-electron chi connectivity index (χ1n) is 10.1. The molecular weight excluding hydrogens is 481 g/mol. The minimum Gasteiger partial charge on any atom is -0.493 e. The first kappa shape index (κ1) is 21.6. The average Bonchev–Trinajstić information content (AvgIpc) is 2.74. The Kier molecular flexibility index (Phi) is 7.91. The molecule has 1 amide bonds. The molecule has 0 spiro atoms. The van der Waals surface area contributed by atoms with Crippen molar-refractivity contribution in [1.29, 1.82) is 0 Å². The fourth-order valence-electron chi connectivity index (χ4n) is 3.66. The Bertz CT molecular complexity index is 844. The first-order valence-corrected chi connectivity index (χ1v) is 11.1. The van der Waals surface area contributed by atoms with Crippen LogP contribution in [0.3, 0.4) is 0 Å². The van der Waals surface area contributed by atoms with E-state index in [1.807, 2.05) is 18.2 Å². The molecule has 154 valence electrons. The van der Waals surface area contributed by atoms with Gasteiger partial charge in [-0.25, -0.2) is 4.79 Å². The average molecular weight is 507 g/mol. The van der Waals surface area contributed by atoms with Gasteiger partial charge in [0.2, 0.25) is 0 Å². The van der Waals surface area contributed by atoms with E-state index in [-0.39, 0.29) is 11.5 Å². The topological polar surface area (TPSA) is 75.6 Å². The van der Waals surface area contributed by atoms with Crippen LogP contribution in [0.25, 0.3) is 0 Å². The fourth-order valence-corrected chi connectivity index (χ4v) is 4.15. The predicted molar refractivity (Wildman–Crippen MR) is 120 cm³/mol. The van der Waals surface area contributed by atoms with E-state index in [1.165, 1.54) is 44.2 Å². The summed E-state index contributed by atoms with van der Waals surface area (Å²) in [5.74, 6) is 0.187. The van der Waals surface area contributed by atoms with E-state index >= 15 is 0 Å². The third kappa shape index (κ3) is 6.45. The summed E-state index contributed by atoms with van der Waals surface area (Å²) in [7, 11) is 0. The summed E-state index contributed by atoms with van der Waals surface area (Å²) in [6.07, 6.45) is 7.57. The van der Waals surface area contributed by atoms with Gasteiger partial charge in [-0.2, -0.15) is 0 Å². The van der Waals surface area contributed by atoms with Gasteiger partial charge in [0.1, 0.15) is 5.75 Å². The largest absolute Gasteiger partial charge is 0.493 e. The molecule has 1 aliphatic rings. The zero-order valence-corrected chi connectivity index (χ0v) is 18.5. The highest BCUT2D eigenvalue weighted by atomic mass is 127. The number of carboxylic acid groups (broad SMARTS) is 1. The molecule has 0 heterocycles. The van der Waals surface area contributed by atoms with Crippen LogP contribution in [0.4, 0.5) is 0 Å². The number of carbonyl (C=O) groups is 2. The van der Waals surface area contributed by atoms with Gasteiger partial charge in [0.25, 0.3) is 5.91 Å². The van der Waals surface area contributed by atoms with Crippen LogP contribution in [0.2, 0.25) is 0 Å². The normalized spacial score (nSPS) is 14.4. The van der Waals surface area contributed by atoms with Gasteiger partial charge in [0, 0.05) is 10.1 Å². The summed E-state index contributed by atoms with van der Waals surface area (Å²) in [6.45, 7) is 0.952. The monoisotopic (exact) mass is 507 g/mol. The number of amides is 1. The van der Waals surface area contributed by atoms with E-state index in [4.69, 9.17) is 9.84 Å². The lowest BCUT2D eigenvalue weighted by Crippen LogP contribution is -2.24. The Balaban J connectivity index is 1.58. The number of carbonyl (C=O) groups excluding carboxylic acids is 1. The van der Waals surface area contributed by atoms with E-state index in [2.05, 4.69) is 27.9 Å². The molecule has 1 aliphatic carbocycles. The Labute approximate surface area is 185 Å². The number of nitrogens with one attached hydrogen (secondary N) is 1. The molecule has 1 fully saturated rings. The van der Waals surface area contributed by atoms with Gasteiger partial charge < -0.3 is 15.2 Å². The van der Waals surface area contributed by atoms with Crippen LogP contribution >= 0.6 is 22.6 Å². The second-order valence-electron chi connectivity index (χ2n) is 7.47. The van der Waals surface area contributed by atoms with Crippen molar-refractivity contribution in [3.05, 3.63) is 62.7 Å². The molecule has 0 bridgehead atoms. The molecule has 0 aliphatic heterocycles. The smallest absolute Gasteiger partial charge is 0.335 e. The molecule has 1 saturated carbocycles. The van der Waals surface area contributed by atoms with Crippen molar-refractivity contribution in [3.63, 3.8) is 0 Å². The van der Waals surface area contributed by atoms with Crippen LogP contribution in [0.5, 0.6) is 5.75 Å². The molecule has 0 aromatic heterocycles. The van der Waals surface area contributed by atoms with E-state index in [1.54, 1.807) is 12.1 Å². The molecule has 3 rings (SSSR count). The Morgan fingerprint density at radius 2 is 1.79 bits per heavy atom. The third-order valence-electron chi connectivity index (χ3n) is 5.35. The van der Waals surface area contributed by atoms with E-state index < -0.39 is 5.97 Å². The number of rotatable bonds is 8. The summed E-state index contributed by atoms with van der Waals surface area (Å²) in [6, 6.07) is 12.1. The zero-order chi connectivity index (χ0) is 20.6. The van der Waals surface area contributed by atoms with Crippen LogP contribution in [-0.4, -0.2) is 23.6 Å². The number of hydrogen-bond acceptors (Lipinski definition) is 3. The number of halogens is 1. The van der Waals surface area contributed by atoms with Crippen molar-refractivity contribution >= 4 is 34.5 Å². The SMILES string of the molecule is O=C(O)c1ccc(CNC(=O)c2cc(I)ccc2OCCC2CCCCC2)cc1. The lowest BCUT2D eigenvalue weighted by atomic mass is 9.87. The van der Waals surface area contributed by atoms with Crippen molar-refractivity contribution in [2.45, 2.75) is 45.1 Å². The van der Waals surface area contributed by atoms with Crippen molar-refractivity contribution in [2.24, 2.45) is 5.92 Å². The van der Waals surface area contributed by atoms with Crippen LogP contribution in [0, 0.1) is 9.49 Å². The summed E-state index contributed by atoms with van der Waals surface area (Å²) in [5, 5.41) is 11.9. The quantitative estimate of drug-likeness (QED) is 0.478. The summed E-state index contributed by atoms with van der Waals surface area (Å²) in [5.41, 5.74) is 1.60. The first-order chi connectivity index (χ1) is 14.0. The van der Waals surface area contributed by atoms with Crippen LogP contribution in [-0.2, 0) is 6.54 Å². The minimum atomic E-state index is -0.963. The second-order valence-corrected chi connectivity index (χ2v) is 8.71. The van der Waals surface area contributed by atoms with Crippen molar-refractivity contribution in [1.82, 2.24) is 5.32 Å². The molecule has 0 radical (unpaired) electrons. The van der Waals surface area contributed by atoms with E-state index in [9.17, 15) is 9.59 Å². The molecule has 0 atom stereocenters. The number of carboxylic acids is 1. The Hall–Kier alpha value is -2.09. The number of benzene rings is 2. The highest BCUT2D eigenvalue weighted by molar-refractivity contribution is 14.1. The van der Waals surface area contributed by atoms with Gasteiger partial charge in [-0.05, 0) is 70.8 Å². The third-order valence-corrected chi connectivity index (χ3v) is 6.02. The molecule has 2 N–H and O–H groups in total. The van der Waals surface area contributed by atoms with E-state index in [0.29, 0.717) is 24.5 Å². The molecule has 5 nitrogen and oxygen atoms in total. The molecule has 0 saturated heterocycles. The maximum Gasteiger partial charge on any atom is 0.335 e.